The summed E-state index contributed by atoms with van der Waals surface area (Å²) in [6.45, 7) is 3.63. The summed E-state index contributed by atoms with van der Waals surface area (Å²) < 4.78 is 7.74. The van der Waals surface area contributed by atoms with Crippen molar-refractivity contribution in [1.82, 2.24) is 19.7 Å². The molecule has 0 bridgehead atoms. The Morgan fingerprint density at radius 2 is 1.92 bits per heavy atom. The van der Waals surface area contributed by atoms with Crippen molar-refractivity contribution < 1.29 is 4.74 Å². The van der Waals surface area contributed by atoms with Gasteiger partial charge in [-0.05, 0) is 48.2 Å². The topological polar surface area (TPSA) is 43.2 Å². The molecular formula is C21H24N4O. The molecule has 0 amide bonds. The molecule has 1 aliphatic heterocycles. The highest BCUT2D eigenvalue weighted by atomic mass is 16.5. The second-order valence-corrected chi connectivity index (χ2v) is 6.78. The Labute approximate surface area is 154 Å². The van der Waals surface area contributed by atoms with Crippen LogP contribution in [0.3, 0.4) is 0 Å². The fraction of sp³-hybridized carbons (Fsp3) is 0.333. The van der Waals surface area contributed by atoms with Crippen LogP contribution < -0.4 is 0 Å². The molecule has 0 spiro atoms. The van der Waals surface area contributed by atoms with E-state index in [1.54, 1.807) is 6.20 Å². The van der Waals surface area contributed by atoms with Gasteiger partial charge in [-0.1, -0.05) is 18.2 Å². The molecule has 0 aliphatic carbocycles. The van der Waals surface area contributed by atoms with E-state index in [2.05, 4.69) is 45.3 Å². The smallest absolute Gasteiger partial charge is 0.0703 e. The van der Waals surface area contributed by atoms with Gasteiger partial charge in [0.1, 0.15) is 0 Å². The summed E-state index contributed by atoms with van der Waals surface area (Å²) in [7, 11) is 0. The van der Waals surface area contributed by atoms with E-state index >= 15 is 0 Å². The first-order valence-corrected chi connectivity index (χ1v) is 9.19. The Morgan fingerprint density at radius 1 is 1.04 bits per heavy atom. The predicted molar refractivity (Wildman–Crippen MR) is 101 cm³/mol. The number of aromatic nitrogens is 3. The van der Waals surface area contributed by atoms with Crippen molar-refractivity contribution in [2.24, 2.45) is 0 Å². The van der Waals surface area contributed by atoms with Gasteiger partial charge in [-0.25, -0.2) is 4.68 Å². The standard InChI is InChI=1S/C21H24N4O/c1-4-19(14-22-10-1)16-24(17-21-5-2-13-26-21)15-18-6-8-20(9-7-18)25-12-3-11-23-25/h1,3-4,6-12,14,21H,2,5,13,15-17H2/t21-/m1/s1. The van der Waals surface area contributed by atoms with Gasteiger partial charge >= 0.3 is 0 Å². The second-order valence-electron chi connectivity index (χ2n) is 6.78. The molecule has 4 rings (SSSR count). The van der Waals surface area contributed by atoms with Crippen LogP contribution in [-0.4, -0.2) is 38.9 Å². The zero-order valence-corrected chi connectivity index (χ0v) is 14.9. The van der Waals surface area contributed by atoms with Crippen LogP contribution >= 0.6 is 0 Å². The molecule has 1 saturated heterocycles. The number of ether oxygens (including phenoxy) is 1. The van der Waals surface area contributed by atoms with Crippen LogP contribution in [0.15, 0.2) is 67.3 Å². The molecule has 26 heavy (non-hydrogen) atoms. The Morgan fingerprint density at radius 3 is 2.62 bits per heavy atom. The molecular weight excluding hydrogens is 324 g/mol. The van der Waals surface area contributed by atoms with Gasteiger partial charge < -0.3 is 4.74 Å². The minimum absolute atomic E-state index is 0.343. The van der Waals surface area contributed by atoms with Crippen LogP contribution in [0.4, 0.5) is 0 Å². The number of benzene rings is 1. The minimum Gasteiger partial charge on any atom is -0.377 e. The number of pyridine rings is 1. The van der Waals surface area contributed by atoms with Crippen LogP contribution in [-0.2, 0) is 17.8 Å². The maximum absolute atomic E-state index is 5.86. The molecule has 0 radical (unpaired) electrons. The summed E-state index contributed by atoms with van der Waals surface area (Å²) >= 11 is 0. The largest absolute Gasteiger partial charge is 0.377 e. The van der Waals surface area contributed by atoms with Crippen molar-refractivity contribution in [3.63, 3.8) is 0 Å². The quantitative estimate of drug-likeness (QED) is 0.656. The number of hydrogen-bond acceptors (Lipinski definition) is 4. The molecule has 1 fully saturated rings. The van der Waals surface area contributed by atoms with Crippen molar-refractivity contribution >= 4 is 0 Å². The average molecular weight is 348 g/mol. The fourth-order valence-electron chi connectivity index (χ4n) is 3.45. The normalized spacial score (nSPS) is 17.0. The number of rotatable bonds is 7. The van der Waals surface area contributed by atoms with Gasteiger partial charge in [0.15, 0.2) is 0 Å². The zero-order valence-electron chi connectivity index (χ0n) is 14.9. The first-order chi connectivity index (χ1) is 12.9. The van der Waals surface area contributed by atoms with Crippen molar-refractivity contribution in [3.8, 4) is 5.69 Å². The average Bonchev–Trinajstić information content (AvgIpc) is 3.37. The lowest BCUT2D eigenvalue weighted by atomic mass is 10.1. The maximum atomic E-state index is 5.86. The SMILES string of the molecule is c1cncc(CN(Cc2ccc(-n3cccn3)cc2)C[C@H]2CCCO2)c1. The van der Waals surface area contributed by atoms with E-state index in [1.807, 2.05) is 35.4 Å². The molecule has 1 aliphatic rings. The zero-order chi connectivity index (χ0) is 17.6. The highest BCUT2D eigenvalue weighted by Gasteiger charge is 2.19. The third-order valence-electron chi connectivity index (χ3n) is 4.73. The molecule has 3 heterocycles. The van der Waals surface area contributed by atoms with Crippen LogP contribution in [0.25, 0.3) is 5.69 Å². The van der Waals surface area contributed by atoms with Crippen molar-refractivity contribution in [1.29, 1.82) is 0 Å². The lowest BCUT2D eigenvalue weighted by Gasteiger charge is -2.25. The summed E-state index contributed by atoms with van der Waals surface area (Å²) in [4.78, 5) is 6.70. The predicted octanol–water partition coefficient (Wildman–Crippen LogP) is 3.45. The van der Waals surface area contributed by atoms with Gasteiger partial charge in [0.05, 0.1) is 11.8 Å². The maximum Gasteiger partial charge on any atom is 0.0703 e. The van der Waals surface area contributed by atoms with Crippen molar-refractivity contribution in [2.75, 3.05) is 13.2 Å². The van der Waals surface area contributed by atoms with E-state index in [1.165, 1.54) is 17.5 Å². The summed E-state index contributed by atoms with van der Waals surface area (Å²) in [5.41, 5.74) is 3.61. The second kappa shape index (κ2) is 8.25. The van der Waals surface area contributed by atoms with Gasteiger partial charge in [0.25, 0.3) is 0 Å². The lowest BCUT2D eigenvalue weighted by molar-refractivity contribution is 0.0679. The fourth-order valence-corrected chi connectivity index (χ4v) is 3.45. The molecule has 1 atom stereocenters. The Hall–Kier alpha value is -2.50. The number of nitrogens with zero attached hydrogens (tertiary/aromatic N) is 4. The highest BCUT2D eigenvalue weighted by molar-refractivity contribution is 5.33. The van der Waals surface area contributed by atoms with E-state index in [0.29, 0.717) is 6.10 Å². The van der Waals surface area contributed by atoms with Gasteiger partial charge in [-0.15, -0.1) is 0 Å². The van der Waals surface area contributed by atoms with Gasteiger partial charge in [0, 0.05) is 51.0 Å². The lowest BCUT2D eigenvalue weighted by Crippen LogP contribution is -2.31. The summed E-state index contributed by atoms with van der Waals surface area (Å²) in [6.07, 6.45) is 10.2. The molecule has 2 aromatic heterocycles. The number of hydrogen-bond donors (Lipinski definition) is 0. The molecule has 3 aromatic rings. The third kappa shape index (κ3) is 4.36. The van der Waals surface area contributed by atoms with Gasteiger partial charge in [-0.3, -0.25) is 9.88 Å². The first-order valence-electron chi connectivity index (χ1n) is 9.19. The summed E-state index contributed by atoms with van der Waals surface area (Å²) in [6, 6.07) is 14.7. The van der Waals surface area contributed by atoms with Crippen molar-refractivity contribution in [3.05, 3.63) is 78.4 Å². The Balaban J connectivity index is 1.46. The summed E-state index contributed by atoms with van der Waals surface area (Å²) in [5, 5.41) is 4.28. The molecule has 1 aromatic carbocycles. The van der Waals surface area contributed by atoms with Gasteiger partial charge in [0.2, 0.25) is 0 Å². The van der Waals surface area contributed by atoms with E-state index in [4.69, 9.17) is 4.74 Å². The van der Waals surface area contributed by atoms with Crippen LogP contribution in [0, 0.1) is 0 Å². The molecule has 134 valence electrons. The third-order valence-corrected chi connectivity index (χ3v) is 4.73. The highest BCUT2D eigenvalue weighted by Crippen LogP contribution is 2.18. The molecule has 0 saturated carbocycles. The van der Waals surface area contributed by atoms with E-state index < -0.39 is 0 Å². The summed E-state index contributed by atoms with van der Waals surface area (Å²) in [5.74, 6) is 0. The van der Waals surface area contributed by atoms with Crippen molar-refractivity contribution in [2.45, 2.75) is 32.0 Å². The van der Waals surface area contributed by atoms with Gasteiger partial charge in [-0.2, -0.15) is 5.10 Å². The van der Waals surface area contributed by atoms with Crippen LogP contribution in [0.2, 0.25) is 0 Å². The monoisotopic (exact) mass is 348 g/mol. The molecule has 0 unspecified atom stereocenters. The first kappa shape index (κ1) is 16.9. The molecule has 0 N–H and O–H groups in total. The van der Waals surface area contributed by atoms with E-state index in [9.17, 15) is 0 Å². The molecule has 5 nitrogen and oxygen atoms in total. The van der Waals surface area contributed by atoms with E-state index in [0.717, 1.165) is 38.3 Å². The van der Waals surface area contributed by atoms with E-state index in [-0.39, 0.29) is 0 Å². The molecule has 5 heteroatoms. The Bertz CT molecular complexity index is 781. The van der Waals surface area contributed by atoms with Crippen LogP contribution in [0.5, 0.6) is 0 Å². The minimum atomic E-state index is 0.343. The van der Waals surface area contributed by atoms with Crippen LogP contribution in [0.1, 0.15) is 24.0 Å². The Kier molecular flexibility index (Phi) is 5.38.